The molecule has 1 aromatic carbocycles. The molecule has 1 aliphatic rings. The minimum atomic E-state index is 0.0808. The Morgan fingerprint density at radius 3 is 2.84 bits per heavy atom. The zero-order valence-electron chi connectivity index (χ0n) is 11.0. The van der Waals surface area contributed by atoms with Gasteiger partial charge in [0.2, 0.25) is 0 Å². The maximum atomic E-state index is 12.5. The monoisotopic (exact) mass is 276 g/mol. The van der Waals surface area contributed by atoms with Crippen molar-refractivity contribution in [3.8, 4) is 0 Å². The highest BCUT2D eigenvalue weighted by atomic mass is 32.1. The van der Waals surface area contributed by atoms with Gasteiger partial charge in [0.05, 0.1) is 27.9 Å². The highest BCUT2D eigenvalue weighted by Crippen LogP contribution is 2.21. The number of morpholine rings is 1. The Labute approximate surface area is 116 Å². The summed E-state index contributed by atoms with van der Waals surface area (Å²) < 4.78 is 6.71. The first-order chi connectivity index (χ1) is 9.13. The molecule has 4 nitrogen and oxygen atoms in total. The topological polar surface area (TPSA) is 42.4 Å². The largest absolute Gasteiger partial charge is 0.372 e. The summed E-state index contributed by atoms with van der Waals surface area (Å²) in [5.74, 6) is 0.0808. The molecule has 1 aromatic heterocycles. The Morgan fingerprint density at radius 1 is 1.37 bits per heavy atom. The molecular formula is C14H16N2O2S. The maximum absolute atomic E-state index is 12.5. The number of benzene rings is 1. The van der Waals surface area contributed by atoms with Crippen molar-refractivity contribution in [1.29, 1.82) is 0 Å². The molecule has 0 radical (unpaired) electrons. The number of fused-ring (bicyclic) bond motifs is 1. The normalized spacial score (nSPS) is 23.8. The predicted molar refractivity (Wildman–Crippen MR) is 75.5 cm³/mol. The van der Waals surface area contributed by atoms with Crippen molar-refractivity contribution in [2.45, 2.75) is 26.1 Å². The van der Waals surface area contributed by atoms with Crippen LogP contribution in [0.25, 0.3) is 10.2 Å². The van der Waals surface area contributed by atoms with E-state index in [-0.39, 0.29) is 18.1 Å². The van der Waals surface area contributed by atoms with Gasteiger partial charge in [-0.2, -0.15) is 0 Å². The van der Waals surface area contributed by atoms with Crippen LogP contribution < -0.4 is 0 Å². The minimum Gasteiger partial charge on any atom is -0.372 e. The van der Waals surface area contributed by atoms with E-state index >= 15 is 0 Å². The van der Waals surface area contributed by atoms with E-state index in [4.69, 9.17) is 4.74 Å². The fourth-order valence-electron chi connectivity index (χ4n) is 2.51. The number of carbonyl (C=O) groups is 1. The molecule has 0 bridgehead atoms. The van der Waals surface area contributed by atoms with E-state index in [9.17, 15) is 4.79 Å². The van der Waals surface area contributed by atoms with E-state index in [1.165, 1.54) is 0 Å². The van der Waals surface area contributed by atoms with E-state index in [1.807, 2.05) is 36.9 Å². The van der Waals surface area contributed by atoms with Crippen molar-refractivity contribution < 1.29 is 9.53 Å². The smallest absolute Gasteiger partial charge is 0.254 e. The molecule has 1 saturated heterocycles. The van der Waals surface area contributed by atoms with Crippen LogP contribution in [0.15, 0.2) is 23.7 Å². The summed E-state index contributed by atoms with van der Waals surface area (Å²) in [6.45, 7) is 5.32. The van der Waals surface area contributed by atoms with Crippen molar-refractivity contribution in [3.05, 3.63) is 29.3 Å². The Kier molecular flexibility index (Phi) is 3.24. The zero-order valence-corrected chi connectivity index (χ0v) is 11.8. The van der Waals surface area contributed by atoms with Crippen molar-refractivity contribution >= 4 is 27.5 Å². The number of amides is 1. The average molecular weight is 276 g/mol. The summed E-state index contributed by atoms with van der Waals surface area (Å²) in [6, 6.07) is 5.70. The third kappa shape index (κ3) is 2.48. The Morgan fingerprint density at radius 2 is 2.11 bits per heavy atom. The number of aromatic nitrogens is 1. The van der Waals surface area contributed by atoms with Gasteiger partial charge in [0.25, 0.3) is 5.91 Å². The fraction of sp³-hybridized carbons (Fsp3) is 0.429. The fourth-order valence-corrected chi connectivity index (χ4v) is 3.23. The quantitative estimate of drug-likeness (QED) is 0.804. The first-order valence-corrected chi connectivity index (χ1v) is 7.29. The highest BCUT2D eigenvalue weighted by Gasteiger charge is 2.26. The number of ether oxygens (including phenoxy) is 1. The standard InChI is InChI=1S/C14H16N2O2S/c1-9-6-16(7-10(2)18-9)14(17)11-3-4-12-13(5-11)19-8-15-12/h3-5,8-10H,6-7H2,1-2H3. The molecule has 100 valence electrons. The number of carbonyl (C=O) groups excluding carboxylic acids is 1. The molecule has 2 unspecified atom stereocenters. The molecule has 1 fully saturated rings. The Bertz CT molecular complexity index is 600. The van der Waals surface area contributed by atoms with Crippen molar-refractivity contribution in [2.24, 2.45) is 0 Å². The Balaban J connectivity index is 1.86. The highest BCUT2D eigenvalue weighted by molar-refractivity contribution is 7.16. The molecule has 19 heavy (non-hydrogen) atoms. The average Bonchev–Trinajstić information content (AvgIpc) is 2.83. The SMILES string of the molecule is CC1CN(C(=O)c2ccc3ncsc3c2)CC(C)O1. The molecule has 2 heterocycles. The van der Waals surface area contributed by atoms with E-state index in [0.29, 0.717) is 13.1 Å². The van der Waals surface area contributed by atoms with E-state index in [2.05, 4.69) is 4.98 Å². The summed E-state index contributed by atoms with van der Waals surface area (Å²) in [4.78, 5) is 18.6. The summed E-state index contributed by atoms with van der Waals surface area (Å²) in [5.41, 5.74) is 3.49. The van der Waals surface area contributed by atoms with Crippen LogP contribution in [0.5, 0.6) is 0 Å². The second-order valence-corrected chi connectivity index (χ2v) is 5.89. The van der Waals surface area contributed by atoms with Crippen LogP contribution in [-0.2, 0) is 4.74 Å². The minimum absolute atomic E-state index is 0.0808. The van der Waals surface area contributed by atoms with Gasteiger partial charge in [-0.3, -0.25) is 4.79 Å². The molecular weight excluding hydrogens is 260 g/mol. The second-order valence-electron chi connectivity index (χ2n) is 5.00. The van der Waals surface area contributed by atoms with Gasteiger partial charge in [-0.15, -0.1) is 11.3 Å². The number of hydrogen-bond acceptors (Lipinski definition) is 4. The summed E-state index contributed by atoms with van der Waals surface area (Å²) >= 11 is 1.56. The van der Waals surface area contributed by atoms with E-state index in [0.717, 1.165) is 15.8 Å². The first kappa shape index (κ1) is 12.6. The lowest BCUT2D eigenvalue weighted by Crippen LogP contribution is -2.48. The zero-order chi connectivity index (χ0) is 13.4. The van der Waals surface area contributed by atoms with E-state index in [1.54, 1.807) is 16.8 Å². The van der Waals surface area contributed by atoms with Crippen LogP contribution in [0.4, 0.5) is 0 Å². The number of thiazole rings is 1. The molecule has 2 atom stereocenters. The third-order valence-electron chi connectivity index (χ3n) is 3.29. The lowest BCUT2D eigenvalue weighted by Gasteiger charge is -2.35. The van der Waals surface area contributed by atoms with Crippen LogP contribution in [0, 0.1) is 0 Å². The lowest BCUT2D eigenvalue weighted by molar-refractivity contribution is -0.0586. The summed E-state index contributed by atoms with van der Waals surface area (Å²) in [6.07, 6.45) is 0.194. The molecule has 1 aliphatic heterocycles. The van der Waals surface area contributed by atoms with Gasteiger partial charge in [0, 0.05) is 18.7 Å². The molecule has 0 saturated carbocycles. The van der Waals surface area contributed by atoms with Crippen LogP contribution in [-0.4, -0.2) is 41.1 Å². The van der Waals surface area contributed by atoms with Crippen molar-refractivity contribution in [1.82, 2.24) is 9.88 Å². The first-order valence-electron chi connectivity index (χ1n) is 6.41. The van der Waals surface area contributed by atoms with Crippen molar-refractivity contribution in [3.63, 3.8) is 0 Å². The van der Waals surface area contributed by atoms with Gasteiger partial charge >= 0.3 is 0 Å². The molecule has 5 heteroatoms. The summed E-state index contributed by atoms with van der Waals surface area (Å²) in [5, 5.41) is 0. The van der Waals surface area contributed by atoms with Crippen LogP contribution in [0.3, 0.4) is 0 Å². The summed E-state index contributed by atoms with van der Waals surface area (Å²) in [7, 11) is 0. The molecule has 0 aliphatic carbocycles. The predicted octanol–water partition coefficient (Wildman–Crippen LogP) is 2.55. The van der Waals surface area contributed by atoms with Crippen LogP contribution >= 0.6 is 11.3 Å². The van der Waals surface area contributed by atoms with Crippen molar-refractivity contribution in [2.75, 3.05) is 13.1 Å². The van der Waals surface area contributed by atoms with E-state index < -0.39 is 0 Å². The van der Waals surface area contributed by atoms with Gasteiger partial charge in [-0.25, -0.2) is 4.98 Å². The number of hydrogen-bond donors (Lipinski definition) is 0. The number of nitrogens with zero attached hydrogens (tertiary/aromatic N) is 2. The molecule has 2 aromatic rings. The van der Waals surface area contributed by atoms with Gasteiger partial charge in [0.15, 0.2) is 0 Å². The Hall–Kier alpha value is -1.46. The maximum Gasteiger partial charge on any atom is 0.254 e. The molecule has 0 N–H and O–H groups in total. The third-order valence-corrected chi connectivity index (χ3v) is 4.08. The van der Waals surface area contributed by atoms with Gasteiger partial charge in [-0.05, 0) is 32.0 Å². The van der Waals surface area contributed by atoms with Gasteiger partial charge in [-0.1, -0.05) is 0 Å². The lowest BCUT2D eigenvalue weighted by atomic mass is 10.1. The second kappa shape index (κ2) is 4.90. The van der Waals surface area contributed by atoms with Crippen LogP contribution in [0.1, 0.15) is 24.2 Å². The van der Waals surface area contributed by atoms with Gasteiger partial charge < -0.3 is 9.64 Å². The molecule has 0 spiro atoms. The number of rotatable bonds is 1. The van der Waals surface area contributed by atoms with Gasteiger partial charge in [0.1, 0.15) is 0 Å². The molecule has 3 rings (SSSR count). The van der Waals surface area contributed by atoms with Crippen LogP contribution in [0.2, 0.25) is 0 Å². The molecule has 1 amide bonds.